The number of azide groups is 1. The van der Waals surface area contributed by atoms with Gasteiger partial charge in [0.05, 0.1) is 0 Å². The van der Waals surface area contributed by atoms with E-state index >= 15 is 0 Å². The van der Waals surface area contributed by atoms with Crippen LogP contribution in [0, 0.1) is 11.8 Å². The molecule has 2 fully saturated rings. The van der Waals surface area contributed by atoms with Crippen molar-refractivity contribution in [1.82, 2.24) is 0 Å². The summed E-state index contributed by atoms with van der Waals surface area (Å²) >= 11 is 0. The number of benzene rings is 3. The van der Waals surface area contributed by atoms with Gasteiger partial charge in [0.1, 0.15) is 0 Å². The van der Waals surface area contributed by atoms with E-state index in [4.69, 9.17) is 33.0 Å². The molecule has 3 aromatic carbocycles. The minimum absolute atomic E-state index is 0.0192. The molecule has 0 N–H and O–H groups in total. The topological polar surface area (TPSA) is 146 Å². The first kappa shape index (κ1) is 43.5. The number of carbonyl (C=O) groups excluding carboxylic acids is 2. The van der Waals surface area contributed by atoms with Crippen LogP contribution in [0.15, 0.2) is 96.1 Å². The molecule has 15 heteroatoms. The molecular formula is C39H51B2N3O8PSi. The first-order chi connectivity index (χ1) is 25.9. The maximum absolute atomic E-state index is 11.7. The van der Waals surface area contributed by atoms with E-state index in [1.54, 1.807) is 6.89 Å². The Balaban J connectivity index is 0.00000209. The third-order valence-corrected chi connectivity index (χ3v) is 17.2. The summed E-state index contributed by atoms with van der Waals surface area (Å²) in [6.45, 7) is 17.3. The van der Waals surface area contributed by atoms with Crippen molar-refractivity contribution in [1.29, 1.82) is 0 Å². The quantitative estimate of drug-likeness (QED) is 0.0632. The summed E-state index contributed by atoms with van der Waals surface area (Å²) in [5.74, 6) is -0.0945. The Morgan fingerprint density at radius 3 is 1.93 bits per heavy atom. The summed E-state index contributed by atoms with van der Waals surface area (Å²) in [5, 5.41) is 6.38. The number of nitrogens with zero attached hydrogens (tertiary/aromatic N) is 3. The summed E-state index contributed by atoms with van der Waals surface area (Å²) in [5.41, 5.74) is 10.6. The first-order valence-corrected chi connectivity index (χ1v) is 21.4. The number of ether oxygens (including phenoxy) is 4. The van der Waals surface area contributed by atoms with Crippen molar-refractivity contribution in [3.8, 4) is 0 Å². The molecule has 0 amide bonds. The van der Waals surface area contributed by atoms with E-state index in [2.05, 4.69) is 100 Å². The Kier molecular flexibility index (Phi) is 16.6. The van der Waals surface area contributed by atoms with Gasteiger partial charge in [-0.15, -0.1) is 0 Å². The summed E-state index contributed by atoms with van der Waals surface area (Å²) in [6, 6.07) is 30.4. The molecule has 5 rings (SSSR count). The minimum atomic E-state index is -2.89. The second kappa shape index (κ2) is 20.6. The van der Waals surface area contributed by atoms with Crippen LogP contribution in [0.1, 0.15) is 54.0 Å². The Hall–Kier alpha value is -3.27. The number of hydrogen-bond acceptors (Lipinski definition) is 9. The van der Waals surface area contributed by atoms with E-state index in [0.29, 0.717) is 6.61 Å². The predicted octanol–water partition coefficient (Wildman–Crippen LogP) is 6.06. The average molecular weight is 771 g/mol. The third kappa shape index (κ3) is 10.3. The monoisotopic (exact) mass is 770 g/mol. The van der Waals surface area contributed by atoms with Crippen LogP contribution in [-0.4, -0.2) is 83.5 Å². The molecule has 285 valence electrons. The fraction of sp³-hybridized carbons (Fsp3) is 0.513. The normalized spacial score (nSPS) is 28.5. The molecule has 2 aliphatic heterocycles. The summed E-state index contributed by atoms with van der Waals surface area (Å²) < 4.78 is 45.8. The van der Waals surface area contributed by atoms with Gasteiger partial charge in [0, 0.05) is 0 Å². The van der Waals surface area contributed by atoms with Gasteiger partial charge in [0.15, 0.2) is 0 Å². The largest absolute Gasteiger partial charge is 0.373 e. The first-order valence-electron chi connectivity index (χ1n) is 18.4. The van der Waals surface area contributed by atoms with Crippen molar-refractivity contribution in [2.45, 2.75) is 109 Å². The molecule has 6 unspecified atom stereocenters. The zero-order valence-electron chi connectivity index (χ0n) is 32.1. The van der Waals surface area contributed by atoms with Crippen LogP contribution >= 0.6 is 8.46 Å². The molecule has 1 radical (unpaired) electrons. The van der Waals surface area contributed by atoms with Crippen molar-refractivity contribution >= 4 is 47.2 Å². The van der Waals surface area contributed by atoms with Gasteiger partial charge >= 0.3 is 296 Å². The second-order valence-electron chi connectivity index (χ2n) is 14.9. The van der Waals surface area contributed by atoms with Gasteiger partial charge in [0.2, 0.25) is 0 Å². The van der Waals surface area contributed by atoms with Crippen LogP contribution in [0.5, 0.6) is 0 Å². The molecule has 0 spiro atoms. The molecule has 2 saturated heterocycles. The van der Waals surface area contributed by atoms with Crippen molar-refractivity contribution in [2.24, 2.45) is 17.0 Å². The Labute approximate surface area is 323 Å². The van der Waals surface area contributed by atoms with Crippen LogP contribution < -0.4 is 10.4 Å². The Bertz CT molecular complexity index is 1640. The Morgan fingerprint density at radius 2 is 1.41 bits per heavy atom. The molecule has 11 atom stereocenters. The van der Waals surface area contributed by atoms with E-state index in [0.717, 1.165) is 12.6 Å². The van der Waals surface area contributed by atoms with Crippen LogP contribution in [0.4, 0.5) is 0 Å². The van der Waals surface area contributed by atoms with Gasteiger partial charge in [0.25, 0.3) is 0 Å². The predicted molar refractivity (Wildman–Crippen MR) is 213 cm³/mol. The molecule has 0 bridgehead atoms. The molecule has 0 aromatic heterocycles. The van der Waals surface area contributed by atoms with Gasteiger partial charge in [-0.1, -0.05) is 18.2 Å². The van der Waals surface area contributed by atoms with Crippen molar-refractivity contribution in [2.75, 3.05) is 6.61 Å². The average Bonchev–Trinajstić information content (AvgIpc) is 3.16. The zero-order valence-corrected chi connectivity index (χ0v) is 34.1. The maximum atomic E-state index is 11.7. The van der Waals surface area contributed by atoms with Gasteiger partial charge in [-0.05, 0) is 0 Å². The maximum Gasteiger partial charge on any atom is 0.373 e. The molecule has 54 heavy (non-hydrogen) atoms. The van der Waals surface area contributed by atoms with Crippen LogP contribution in [-0.2, 0) is 44.3 Å². The summed E-state index contributed by atoms with van der Waals surface area (Å²) in [4.78, 5) is 19.5. The van der Waals surface area contributed by atoms with E-state index < -0.39 is 32.9 Å². The van der Waals surface area contributed by atoms with E-state index in [1.165, 1.54) is 10.4 Å². The smallest absolute Gasteiger partial charge is 0.186 e. The van der Waals surface area contributed by atoms with Crippen LogP contribution in [0.25, 0.3) is 10.4 Å². The minimum Gasteiger partial charge on any atom is -0.186 e. The third-order valence-electron chi connectivity index (χ3n) is 10.6. The fourth-order valence-corrected chi connectivity index (χ4v) is 13.5. The molecule has 2 heterocycles. The Morgan fingerprint density at radius 1 is 0.852 bits per heavy atom. The standard InChI is InChI=1S/C38H51B2N3O6PSi.CO2/c1-25-27(3)47-28(4)35(34(25)45-23-29-17-11-8-12-18-29)49-37-33(42-43-41)36(50-40-39-44)26(2)32(48-37)24-46-51(38(5,6)7,30-19-13-9-14-20-30)31-21-15-10-16-22-31;2-1-3/h8-22,25-28,32-37,50H,23-24H2,1-7H3;/t25?,26-,27+,28?,32?,33?,34+,35?,36+,37-;/m1./s1. The van der Waals surface area contributed by atoms with Gasteiger partial charge < -0.3 is 0 Å². The molecule has 0 aliphatic carbocycles. The molecule has 3 aromatic rings. The van der Waals surface area contributed by atoms with Crippen molar-refractivity contribution < 1.29 is 37.7 Å². The SMILES string of the molecule is CC1O[C@@H](C)C(C)[C@H](OCc2ccccc2)C1O[C@H]1OC(CO[Si](c2ccccc2)(c2ccccc2)C(C)(C)C)[C@@H](C)[C@H](P[B]B=O)C1N=[N+]=[N-].O=C=O. The van der Waals surface area contributed by atoms with E-state index in [-0.39, 0.29) is 62.1 Å². The van der Waals surface area contributed by atoms with E-state index in [1.807, 2.05) is 49.4 Å². The molecule has 0 saturated carbocycles. The molecular weight excluding hydrogens is 719 g/mol. The van der Waals surface area contributed by atoms with Gasteiger partial charge in [-0.25, -0.2) is 0 Å². The number of rotatable bonds is 14. The van der Waals surface area contributed by atoms with Crippen molar-refractivity contribution in [3.05, 3.63) is 107 Å². The van der Waals surface area contributed by atoms with Crippen molar-refractivity contribution in [3.63, 3.8) is 0 Å². The summed E-state index contributed by atoms with van der Waals surface area (Å²) in [7, 11) is -1.99. The van der Waals surface area contributed by atoms with Crippen LogP contribution in [0.2, 0.25) is 5.04 Å². The summed E-state index contributed by atoms with van der Waals surface area (Å²) in [6.07, 6.45) is -2.27. The van der Waals surface area contributed by atoms with Crippen LogP contribution in [0.3, 0.4) is 0 Å². The van der Waals surface area contributed by atoms with Gasteiger partial charge in [-0.2, -0.15) is 9.59 Å². The molecule has 2 aliphatic rings. The zero-order chi connectivity index (χ0) is 39.3. The molecule has 11 nitrogen and oxygen atoms in total. The van der Waals surface area contributed by atoms with Gasteiger partial charge in [-0.3, -0.25) is 0 Å². The van der Waals surface area contributed by atoms with E-state index in [9.17, 15) is 10.2 Å². The second-order valence-corrected chi connectivity index (χ2v) is 20.6. The number of hydrogen-bond donors (Lipinski definition) is 0. The fourth-order valence-electron chi connectivity index (χ4n) is 7.68.